The second-order valence-electron chi connectivity index (χ2n) is 10.5. The fraction of sp³-hybridized carbons (Fsp3) is 0.464. The Bertz CT molecular complexity index is 981. The summed E-state index contributed by atoms with van der Waals surface area (Å²) in [7, 11) is 0. The molecule has 7 heteroatoms. The first kappa shape index (κ1) is 27.2. The van der Waals surface area contributed by atoms with Gasteiger partial charge in [0.15, 0.2) is 5.60 Å². The minimum absolute atomic E-state index is 0. The van der Waals surface area contributed by atoms with Crippen LogP contribution in [-0.2, 0) is 4.74 Å². The molecule has 2 aromatic rings. The largest absolute Gasteiger partial charge is 0.436 e. The zero-order valence-corrected chi connectivity index (χ0v) is 21.5. The van der Waals surface area contributed by atoms with Crippen molar-refractivity contribution >= 4 is 18.5 Å². The van der Waals surface area contributed by atoms with Crippen LogP contribution in [0.3, 0.4) is 0 Å². The first-order chi connectivity index (χ1) is 16.1. The van der Waals surface area contributed by atoms with E-state index in [-0.39, 0.29) is 41.6 Å². The number of rotatable bonds is 6. The number of carbonyl (C=O) groups is 1. The molecule has 0 saturated carbocycles. The summed E-state index contributed by atoms with van der Waals surface area (Å²) in [6, 6.07) is 13.2. The van der Waals surface area contributed by atoms with E-state index < -0.39 is 5.60 Å². The van der Waals surface area contributed by atoms with E-state index in [0.29, 0.717) is 0 Å². The van der Waals surface area contributed by atoms with E-state index in [1.165, 1.54) is 24.3 Å². The predicted octanol–water partition coefficient (Wildman–Crippen LogP) is 6.90. The average molecular weight is 505 g/mol. The Morgan fingerprint density at radius 3 is 1.89 bits per heavy atom. The summed E-state index contributed by atoms with van der Waals surface area (Å²) < 4.78 is 32.8. The van der Waals surface area contributed by atoms with Crippen molar-refractivity contribution < 1.29 is 18.3 Å². The highest BCUT2D eigenvalue weighted by atomic mass is 35.5. The van der Waals surface area contributed by atoms with Crippen LogP contribution in [-0.4, -0.2) is 46.7 Å². The summed E-state index contributed by atoms with van der Waals surface area (Å²) in [4.78, 5) is 16.6. The van der Waals surface area contributed by atoms with Crippen molar-refractivity contribution in [2.24, 2.45) is 0 Å². The van der Waals surface area contributed by atoms with Gasteiger partial charge in [-0.05, 0) is 75.5 Å². The van der Waals surface area contributed by atoms with Crippen LogP contribution in [0.5, 0.6) is 0 Å². The van der Waals surface area contributed by atoms with Gasteiger partial charge < -0.3 is 9.64 Å². The summed E-state index contributed by atoms with van der Waals surface area (Å²) in [5, 5.41) is 0. The maximum absolute atomic E-state index is 13.5. The Labute approximate surface area is 213 Å². The molecular formula is C28H35ClF2N2O2. The van der Waals surface area contributed by atoms with Gasteiger partial charge in [-0.3, -0.25) is 4.90 Å². The summed E-state index contributed by atoms with van der Waals surface area (Å²) in [6.45, 7) is 12.8. The lowest BCUT2D eigenvalue weighted by Crippen LogP contribution is -2.47. The maximum atomic E-state index is 13.5. The van der Waals surface area contributed by atoms with Crippen molar-refractivity contribution in [2.75, 3.05) is 19.6 Å². The van der Waals surface area contributed by atoms with Crippen LogP contribution in [0.4, 0.5) is 13.6 Å². The Morgan fingerprint density at radius 1 is 0.971 bits per heavy atom. The molecule has 0 unspecified atom stereocenters. The number of ether oxygens (including phenoxy) is 1. The minimum atomic E-state index is -0.592. The molecule has 0 aliphatic carbocycles. The minimum Gasteiger partial charge on any atom is -0.436 e. The number of carbonyl (C=O) groups excluding carboxylic acids is 1. The standard InChI is InChI=1S/C28H34F2N2O2.ClH/c1-20-28(34-26(33)32(20)27(2,3)4)15-18-31(19-16-28)17-5-6-25(21-7-11-23(29)12-8-21)22-9-13-24(30)14-10-22;/h7-14,25H,1,5-6,15-19H2,2-4H3;1H. The van der Waals surface area contributed by atoms with E-state index in [9.17, 15) is 13.6 Å². The van der Waals surface area contributed by atoms with Crippen molar-refractivity contribution in [3.8, 4) is 0 Å². The fourth-order valence-corrected chi connectivity index (χ4v) is 5.23. The van der Waals surface area contributed by atoms with E-state index in [4.69, 9.17) is 4.74 Å². The van der Waals surface area contributed by atoms with E-state index in [1.807, 2.05) is 45.0 Å². The van der Waals surface area contributed by atoms with Crippen molar-refractivity contribution in [2.45, 2.75) is 63.5 Å². The van der Waals surface area contributed by atoms with Gasteiger partial charge in [0.1, 0.15) is 11.6 Å². The quantitative estimate of drug-likeness (QED) is 0.429. The molecular weight excluding hydrogens is 470 g/mol. The number of amides is 1. The third kappa shape index (κ3) is 5.87. The first-order valence-electron chi connectivity index (χ1n) is 12.0. The number of benzene rings is 2. The monoisotopic (exact) mass is 504 g/mol. The number of nitrogens with zero attached hydrogens (tertiary/aromatic N) is 2. The summed E-state index contributed by atoms with van der Waals surface area (Å²) >= 11 is 0. The van der Waals surface area contributed by atoms with Crippen molar-refractivity contribution in [3.05, 3.63) is 83.6 Å². The Hall–Kier alpha value is -2.44. The van der Waals surface area contributed by atoms with Crippen molar-refractivity contribution in [3.63, 3.8) is 0 Å². The van der Waals surface area contributed by atoms with Crippen LogP contribution in [0.2, 0.25) is 0 Å². The highest BCUT2D eigenvalue weighted by molar-refractivity contribution is 5.85. The molecule has 0 atom stereocenters. The van der Waals surface area contributed by atoms with E-state index >= 15 is 0 Å². The number of halogens is 3. The van der Waals surface area contributed by atoms with Gasteiger partial charge in [-0.15, -0.1) is 12.4 Å². The lowest BCUT2D eigenvalue weighted by Gasteiger charge is -2.39. The van der Waals surface area contributed by atoms with E-state index in [1.54, 1.807) is 4.90 Å². The molecule has 0 N–H and O–H groups in total. The summed E-state index contributed by atoms with van der Waals surface area (Å²) in [6.07, 6.45) is 3.00. The van der Waals surface area contributed by atoms with Gasteiger partial charge in [0.2, 0.25) is 0 Å². The second kappa shape index (κ2) is 10.7. The maximum Gasteiger partial charge on any atom is 0.415 e. The Kier molecular flexibility index (Phi) is 8.28. The molecule has 190 valence electrons. The first-order valence-corrected chi connectivity index (χ1v) is 12.0. The van der Waals surface area contributed by atoms with Crippen LogP contribution in [0, 0.1) is 11.6 Å². The van der Waals surface area contributed by atoms with Crippen LogP contribution in [0.1, 0.15) is 63.5 Å². The molecule has 0 radical (unpaired) electrons. The van der Waals surface area contributed by atoms with Crippen LogP contribution in [0.15, 0.2) is 60.8 Å². The zero-order chi connectivity index (χ0) is 24.5. The third-order valence-corrected chi connectivity index (χ3v) is 7.11. The zero-order valence-electron chi connectivity index (χ0n) is 20.7. The average Bonchev–Trinajstić information content (AvgIpc) is 3.03. The SMILES string of the molecule is C=C1N(C(C)(C)C)C(=O)OC12CCN(CCCC(c1ccc(F)cc1)c1ccc(F)cc1)CC2.Cl. The lowest BCUT2D eigenvalue weighted by molar-refractivity contribution is 0.0141. The molecule has 2 aliphatic rings. The van der Waals surface area contributed by atoms with Crippen molar-refractivity contribution in [1.82, 2.24) is 9.80 Å². The molecule has 2 aromatic carbocycles. The smallest absolute Gasteiger partial charge is 0.415 e. The molecule has 2 fully saturated rings. The van der Waals surface area contributed by atoms with Gasteiger partial charge in [0.25, 0.3) is 0 Å². The lowest BCUT2D eigenvalue weighted by atomic mass is 9.86. The fourth-order valence-electron chi connectivity index (χ4n) is 5.23. The molecule has 2 saturated heterocycles. The molecule has 2 heterocycles. The topological polar surface area (TPSA) is 32.8 Å². The highest BCUT2D eigenvalue weighted by Gasteiger charge is 2.53. The molecule has 0 bridgehead atoms. The third-order valence-electron chi connectivity index (χ3n) is 7.11. The van der Waals surface area contributed by atoms with Gasteiger partial charge in [-0.2, -0.15) is 0 Å². The molecule has 1 amide bonds. The van der Waals surface area contributed by atoms with Gasteiger partial charge in [0, 0.05) is 37.4 Å². The van der Waals surface area contributed by atoms with Crippen LogP contribution >= 0.6 is 12.4 Å². The molecule has 0 aromatic heterocycles. The number of hydrogen-bond donors (Lipinski definition) is 0. The summed E-state index contributed by atoms with van der Waals surface area (Å²) in [5.74, 6) is -0.445. The van der Waals surface area contributed by atoms with E-state index in [0.717, 1.165) is 62.1 Å². The summed E-state index contributed by atoms with van der Waals surface area (Å²) in [5.41, 5.74) is 1.89. The molecule has 4 rings (SSSR count). The Morgan fingerprint density at radius 2 is 1.46 bits per heavy atom. The van der Waals surface area contributed by atoms with Crippen LogP contribution in [0.25, 0.3) is 0 Å². The molecule has 2 aliphatic heterocycles. The number of likely N-dealkylation sites (tertiary alicyclic amines) is 1. The van der Waals surface area contributed by atoms with Gasteiger partial charge in [-0.1, -0.05) is 30.8 Å². The van der Waals surface area contributed by atoms with E-state index in [2.05, 4.69) is 11.5 Å². The van der Waals surface area contributed by atoms with Gasteiger partial charge >= 0.3 is 6.09 Å². The van der Waals surface area contributed by atoms with Gasteiger partial charge in [0.05, 0.1) is 5.70 Å². The second-order valence-corrected chi connectivity index (χ2v) is 10.5. The molecule has 1 spiro atoms. The molecule has 4 nitrogen and oxygen atoms in total. The normalized spacial score (nSPS) is 18.2. The van der Waals surface area contributed by atoms with Crippen LogP contribution < -0.4 is 0 Å². The predicted molar refractivity (Wildman–Crippen MR) is 137 cm³/mol. The molecule has 35 heavy (non-hydrogen) atoms. The highest BCUT2D eigenvalue weighted by Crippen LogP contribution is 2.43. The number of piperidine rings is 1. The van der Waals surface area contributed by atoms with Gasteiger partial charge in [-0.25, -0.2) is 13.6 Å². The van der Waals surface area contributed by atoms with Crippen molar-refractivity contribution in [1.29, 1.82) is 0 Å². The number of hydrogen-bond acceptors (Lipinski definition) is 3. The Balaban J connectivity index is 0.00000342.